The highest BCUT2D eigenvalue weighted by Crippen LogP contribution is 2.19. The van der Waals surface area contributed by atoms with Crippen molar-refractivity contribution in [2.24, 2.45) is 0 Å². The molecule has 0 spiro atoms. The van der Waals surface area contributed by atoms with Crippen molar-refractivity contribution in [1.29, 1.82) is 0 Å². The van der Waals surface area contributed by atoms with E-state index in [1.165, 1.54) is 17.4 Å². The Morgan fingerprint density at radius 2 is 1.71 bits per heavy atom. The molecule has 3 rings (SSSR count). The fourth-order valence-electron chi connectivity index (χ4n) is 2.67. The van der Waals surface area contributed by atoms with Crippen LogP contribution >= 0.6 is 11.3 Å². The molecule has 1 heterocycles. The summed E-state index contributed by atoms with van der Waals surface area (Å²) in [7, 11) is 0. The van der Waals surface area contributed by atoms with Gasteiger partial charge in [0.2, 0.25) is 5.78 Å². The Morgan fingerprint density at radius 3 is 2.43 bits per heavy atom. The van der Waals surface area contributed by atoms with Gasteiger partial charge in [0.1, 0.15) is 0 Å². The molecule has 142 valence electrons. The van der Waals surface area contributed by atoms with E-state index in [4.69, 9.17) is 4.74 Å². The van der Waals surface area contributed by atoms with Gasteiger partial charge < -0.3 is 10.1 Å². The van der Waals surface area contributed by atoms with Crippen LogP contribution in [0.3, 0.4) is 0 Å². The molecule has 28 heavy (non-hydrogen) atoms. The summed E-state index contributed by atoms with van der Waals surface area (Å²) in [4.78, 5) is 37.8. The van der Waals surface area contributed by atoms with E-state index in [0.717, 1.165) is 11.1 Å². The average molecular weight is 393 g/mol. The first-order valence-electron chi connectivity index (χ1n) is 8.67. The number of amides is 1. The summed E-state index contributed by atoms with van der Waals surface area (Å²) in [6.45, 7) is 3.37. The van der Waals surface area contributed by atoms with Gasteiger partial charge in [-0.05, 0) is 48.6 Å². The van der Waals surface area contributed by atoms with Crippen LogP contribution in [-0.4, -0.2) is 24.3 Å². The highest BCUT2D eigenvalue weighted by atomic mass is 32.1. The van der Waals surface area contributed by atoms with Crippen LogP contribution in [0.2, 0.25) is 0 Å². The second-order valence-corrected chi connectivity index (χ2v) is 7.24. The largest absolute Gasteiger partial charge is 0.452 e. The van der Waals surface area contributed by atoms with E-state index in [1.807, 2.05) is 32.0 Å². The van der Waals surface area contributed by atoms with Crippen LogP contribution in [0.15, 0.2) is 60.0 Å². The molecule has 0 saturated heterocycles. The quantitative estimate of drug-likeness (QED) is 0.498. The fourth-order valence-corrected chi connectivity index (χ4v) is 3.34. The van der Waals surface area contributed by atoms with Gasteiger partial charge in [-0.25, -0.2) is 4.79 Å². The highest BCUT2D eigenvalue weighted by Gasteiger charge is 2.20. The number of hydrogen-bond acceptors (Lipinski definition) is 5. The fraction of sp³-hybridized carbons (Fsp3) is 0.136. The van der Waals surface area contributed by atoms with Crippen molar-refractivity contribution in [2.45, 2.75) is 13.8 Å². The van der Waals surface area contributed by atoms with Crippen molar-refractivity contribution in [2.75, 3.05) is 11.9 Å². The number of rotatable bonds is 6. The first kappa shape index (κ1) is 19.5. The summed E-state index contributed by atoms with van der Waals surface area (Å²) >= 11 is 1.30. The van der Waals surface area contributed by atoms with Gasteiger partial charge in [-0.1, -0.05) is 36.4 Å². The molecule has 1 N–H and O–H groups in total. The lowest BCUT2D eigenvalue weighted by atomic mass is 10.0. The minimum absolute atomic E-state index is 0.139. The third-order valence-corrected chi connectivity index (χ3v) is 5.01. The van der Waals surface area contributed by atoms with Crippen LogP contribution in [-0.2, 0) is 9.53 Å². The summed E-state index contributed by atoms with van der Waals surface area (Å²) in [5.41, 5.74) is 3.00. The molecule has 0 aliphatic carbocycles. The number of carbonyl (C=O) groups excluding carboxylic acids is 3. The van der Waals surface area contributed by atoms with E-state index in [2.05, 4.69) is 5.32 Å². The third kappa shape index (κ3) is 4.53. The summed E-state index contributed by atoms with van der Waals surface area (Å²) in [6.07, 6.45) is 0. The number of anilines is 1. The molecule has 0 fully saturated rings. The lowest BCUT2D eigenvalue weighted by Gasteiger charge is -2.11. The number of aryl methyl sites for hydroxylation is 2. The third-order valence-electron chi connectivity index (χ3n) is 4.14. The van der Waals surface area contributed by atoms with Crippen LogP contribution in [0.1, 0.15) is 36.7 Å². The van der Waals surface area contributed by atoms with Crippen molar-refractivity contribution in [3.05, 3.63) is 87.1 Å². The number of ketones is 1. The van der Waals surface area contributed by atoms with Gasteiger partial charge >= 0.3 is 5.97 Å². The van der Waals surface area contributed by atoms with Crippen LogP contribution in [0, 0.1) is 13.8 Å². The SMILES string of the molecule is Cc1ccc(C)c(NC(=O)COC(=O)c2ccccc2C(=O)c2cccs2)c1. The number of benzene rings is 2. The molecule has 5 nitrogen and oxygen atoms in total. The zero-order valence-corrected chi connectivity index (χ0v) is 16.3. The lowest BCUT2D eigenvalue weighted by molar-refractivity contribution is -0.119. The predicted molar refractivity (Wildman–Crippen MR) is 109 cm³/mol. The van der Waals surface area contributed by atoms with Crippen molar-refractivity contribution in [1.82, 2.24) is 0 Å². The molecule has 0 aliphatic heterocycles. The molecular weight excluding hydrogens is 374 g/mol. The predicted octanol–water partition coefficient (Wildman–Crippen LogP) is 4.39. The van der Waals surface area contributed by atoms with Crippen LogP contribution < -0.4 is 5.32 Å². The number of esters is 1. The maximum Gasteiger partial charge on any atom is 0.339 e. The van der Waals surface area contributed by atoms with Crippen molar-refractivity contribution >= 4 is 34.7 Å². The molecule has 0 atom stereocenters. The molecule has 0 bridgehead atoms. The first-order chi connectivity index (χ1) is 13.5. The van der Waals surface area contributed by atoms with Gasteiger partial charge in [0.15, 0.2) is 6.61 Å². The maximum absolute atomic E-state index is 12.6. The molecule has 0 saturated carbocycles. The average Bonchev–Trinajstić information content (AvgIpc) is 3.23. The zero-order valence-electron chi connectivity index (χ0n) is 15.5. The van der Waals surface area contributed by atoms with Gasteiger partial charge in [-0.3, -0.25) is 9.59 Å². The first-order valence-corrected chi connectivity index (χ1v) is 9.55. The highest BCUT2D eigenvalue weighted by molar-refractivity contribution is 7.12. The zero-order chi connectivity index (χ0) is 20.1. The van der Waals surface area contributed by atoms with E-state index < -0.39 is 18.5 Å². The Bertz CT molecular complexity index is 1020. The van der Waals surface area contributed by atoms with Gasteiger partial charge in [0, 0.05) is 11.3 Å². The molecule has 2 aromatic carbocycles. The summed E-state index contributed by atoms with van der Waals surface area (Å²) in [6, 6.07) is 15.6. The molecule has 0 radical (unpaired) electrons. The normalized spacial score (nSPS) is 10.4. The van der Waals surface area contributed by atoms with E-state index in [1.54, 1.807) is 35.7 Å². The van der Waals surface area contributed by atoms with E-state index in [9.17, 15) is 14.4 Å². The smallest absolute Gasteiger partial charge is 0.339 e. The number of ether oxygens (including phenoxy) is 1. The number of thiophene rings is 1. The maximum atomic E-state index is 12.6. The molecule has 3 aromatic rings. The van der Waals surface area contributed by atoms with Crippen LogP contribution in [0.4, 0.5) is 5.69 Å². The molecule has 6 heteroatoms. The Hall–Kier alpha value is -3.25. The number of nitrogens with one attached hydrogen (secondary N) is 1. The summed E-state index contributed by atoms with van der Waals surface area (Å²) in [5, 5.41) is 4.53. The summed E-state index contributed by atoms with van der Waals surface area (Å²) < 4.78 is 5.14. The standard InChI is InChI=1S/C22H19NO4S/c1-14-9-10-15(2)18(12-14)23-20(24)13-27-22(26)17-7-4-3-6-16(17)21(25)19-8-5-11-28-19/h3-12H,13H2,1-2H3,(H,23,24). The molecular formula is C22H19NO4S. The minimum atomic E-state index is -0.711. The summed E-state index contributed by atoms with van der Waals surface area (Å²) in [5.74, 6) is -1.40. The van der Waals surface area contributed by atoms with Gasteiger partial charge in [-0.15, -0.1) is 11.3 Å². The second kappa shape index (κ2) is 8.63. The Morgan fingerprint density at radius 1 is 0.964 bits per heavy atom. The Balaban J connectivity index is 1.68. The van der Waals surface area contributed by atoms with E-state index in [-0.39, 0.29) is 16.9 Å². The van der Waals surface area contributed by atoms with Gasteiger partial charge in [0.05, 0.1) is 10.4 Å². The van der Waals surface area contributed by atoms with Gasteiger partial charge in [-0.2, -0.15) is 0 Å². The molecule has 0 unspecified atom stereocenters. The number of carbonyl (C=O) groups is 3. The lowest BCUT2D eigenvalue weighted by Crippen LogP contribution is -2.22. The van der Waals surface area contributed by atoms with Crippen LogP contribution in [0.5, 0.6) is 0 Å². The topological polar surface area (TPSA) is 72.5 Å². The molecule has 1 aromatic heterocycles. The van der Waals surface area contributed by atoms with Gasteiger partial charge in [0.25, 0.3) is 5.91 Å². The van der Waals surface area contributed by atoms with Crippen molar-refractivity contribution in [3.63, 3.8) is 0 Å². The Kier molecular flexibility index (Phi) is 6.01. The van der Waals surface area contributed by atoms with Crippen molar-refractivity contribution in [3.8, 4) is 0 Å². The molecule has 0 aliphatic rings. The minimum Gasteiger partial charge on any atom is -0.452 e. The number of hydrogen-bond donors (Lipinski definition) is 1. The van der Waals surface area contributed by atoms with Crippen molar-refractivity contribution < 1.29 is 19.1 Å². The Labute approximate surface area is 167 Å². The van der Waals surface area contributed by atoms with E-state index in [0.29, 0.717) is 10.6 Å². The second-order valence-electron chi connectivity index (χ2n) is 6.29. The van der Waals surface area contributed by atoms with E-state index >= 15 is 0 Å². The monoisotopic (exact) mass is 393 g/mol. The van der Waals surface area contributed by atoms with Crippen LogP contribution in [0.25, 0.3) is 0 Å². The molecule has 1 amide bonds.